The van der Waals surface area contributed by atoms with Gasteiger partial charge in [0.05, 0.1) is 12.2 Å². The van der Waals surface area contributed by atoms with Gasteiger partial charge in [0.15, 0.2) is 0 Å². The molecular weight excluding hydrogens is 256 g/mol. The summed E-state index contributed by atoms with van der Waals surface area (Å²) in [6.45, 7) is 5.48. The van der Waals surface area contributed by atoms with Gasteiger partial charge in [-0.2, -0.15) is 0 Å². The van der Waals surface area contributed by atoms with E-state index in [2.05, 4.69) is 6.92 Å². The summed E-state index contributed by atoms with van der Waals surface area (Å²) in [4.78, 5) is 22.7. The first-order valence-electron chi connectivity index (χ1n) is 7.91. The van der Waals surface area contributed by atoms with Crippen LogP contribution in [0, 0.1) is 0 Å². The number of rotatable bonds is 8. The lowest BCUT2D eigenvalue weighted by Gasteiger charge is -2.36. The van der Waals surface area contributed by atoms with E-state index < -0.39 is 0 Å². The summed E-state index contributed by atoms with van der Waals surface area (Å²) < 4.78 is 11.4. The average molecular weight is 284 g/mol. The Hall–Kier alpha value is -0.900. The minimum absolute atomic E-state index is 0.000819. The summed E-state index contributed by atoms with van der Waals surface area (Å²) in [6.07, 6.45) is 6.77. The van der Waals surface area contributed by atoms with Crippen molar-refractivity contribution in [1.29, 1.82) is 0 Å². The van der Waals surface area contributed by atoms with Crippen molar-refractivity contribution in [2.75, 3.05) is 0 Å². The molecule has 4 heteroatoms. The van der Waals surface area contributed by atoms with Gasteiger partial charge in [-0.25, -0.2) is 0 Å². The molecule has 0 N–H and O–H groups in total. The third-order valence-corrected chi connectivity index (χ3v) is 3.81. The SMILES string of the molecule is CCCCC[C@H]1O[C@@H](CC(=O)CC)CC[C@H]1OC(C)=O. The highest BCUT2D eigenvalue weighted by Crippen LogP contribution is 2.28. The molecule has 116 valence electrons. The Morgan fingerprint density at radius 2 is 1.95 bits per heavy atom. The number of esters is 1. The Labute approximate surface area is 122 Å². The second kappa shape index (κ2) is 9.11. The minimum atomic E-state index is -0.248. The van der Waals surface area contributed by atoms with Crippen LogP contribution in [-0.4, -0.2) is 30.1 Å². The lowest BCUT2D eigenvalue weighted by Crippen LogP contribution is -2.42. The van der Waals surface area contributed by atoms with Gasteiger partial charge < -0.3 is 9.47 Å². The molecule has 1 rings (SSSR count). The first-order chi connectivity index (χ1) is 9.56. The number of unbranched alkanes of at least 4 members (excludes halogenated alkanes) is 2. The zero-order chi connectivity index (χ0) is 15.0. The lowest BCUT2D eigenvalue weighted by atomic mass is 9.94. The van der Waals surface area contributed by atoms with E-state index in [0.717, 1.165) is 38.5 Å². The van der Waals surface area contributed by atoms with Gasteiger partial charge >= 0.3 is 5.97 Å². The van der Waals surface area contributed by atoms with Crippen molar-refractivity contribution in [3.05, 3.63) is 0 Å². The molecule has 0 amide bonds. The summed E-state index contributed by atoms with van der Waals surface area (Å²) in [7, 11) is 0. The van der Waals surface area contributed by atoms with Gasteiger partial charge in [0, 0.05) is 19.8 Å². The van der Waals surface area contributed by atoms with Crippen LogP contribution in [0.25, 0.3) is 0 Å². The largest absolute Gasteiger partial charge is 0.460 e. The van der Waals surface area contributed by atoms with Crippen LogP contribution in [0.15, 0.2) is 0 Å². The fourth-order valence-corrected chi connectivity index (χ4v) is 2.68. The molecule has 3 atom stereocenters. The Bertz CT molecular complexity index is 314. The molecule has 0 aromatic heterocycles. The Kier molecular flexibility index (Phi) is 7.82. The molecule has 1 aliphatic rings. The van der Waals surface area contributed by atoms with Crippen LogP contribution in [0.2, 0.25) is 0 Å². The molecule has 0 spiro atoms. The van der Waals surface area contributed by atoms with E-state index in [1.54, 1.807) is 0 Å². The first kappa shape index (κ1) is 17.2. The van der Waals surface area contributed by atoms with Crippen LogP contribution in [0.1, 0.15) is 72.1 Å². The van der Waals surface area contributed by atoms with Crippen LogP contribution in [0.3, 0.4) is 0 Å². The fraction of sp³-hybridized carbons (Fsp3) is 0.875. The summed E-state index contributed by atoms with van der Waals surface area (Å²) in [5.74, 6) is -0.00424. The smallest absolute Gasteiger partial charge is 0.302 e. The molecule has 0 saturated carbocycles. The van der Waals surface area contributed by atoms with E-state index in [4.69, 9.17) is 9.47 Å². The monoisotopic (exact) mass is 284 g/mol. The van der Waals surface area contributed by atoms with Crippen molar-refractivity contribution >= 4 is 11.8 Å². The molecular formula is C16H28O4. The van der Waals surface area contributed by atoms with Crippen LogP contribution in [0.4, 0.5) is 0 Å². The number of hydrogen-bond acceptors (Lipinski definition) is 4. The zero-order valence-electron chi connectivity index (χ0n) is 13.0. The van der Waals surface area contributed by atoms with Gasteiger partial charge in [0.25, 0.3) is 0 Å². The van der Waals surface area contributed by atoms with E-state index in [1.807, 2.05) is 6.92 Å². The molecule has 1 aliphatic heterocycles. The Morgan fingerprint density at radius 3 is 2.55 bits per heavy atom. The number of ketones is 1. The zero-order valence-corrected chi connectivity index (χ0v) is 13.0. The standard InChI is InChI=1S/C16H28O4/c1-4-6-7-8-15-16(19-12(3)17)10-9-14(20-15)11-13(18)5-2/h14-16H,4-11H2,1-3H3/t14-,15-,16-/m1/s1. The third-order valence-electron chi connectivity index (χ3n) is 3.81. The Balaban J connectivity index is 2.52. The van der Waals surface area contributed by atoms with E-state index in [-0.39, 0.29) is 30.1 Å². The molecule has 1 heterocycles. The summed E-state index contributed by atoms with van der Waals surface area (Å²) in [5.41, 5.74) is 0. The number of Topliss-reactive ketones (excluding diaryl/α,β-unsaturated/α-hetero) is 1. The maximum Gasteiger partial charge on any atom is 0.302 e. The third kappa shape index (κ3) is 6.04. The molecule has 0 radical (unpaired) electrons. The van der Waals surface area contributed by atoms with Crippen LogP contribution in [0.5, 0.6) is 0 Å². The molecule has 0 aromatic carbocycles. The maximum absolute atomic E-state index is 11.5. The van der Waals surface area contributed by atoms with Gasteiger partial charge in [-0.05, 0) is 19.3 Å². The highest BCUT2D eigenvalue weighted by atomic mass is 16.6. The molecule has 0 unspecified atom stereocenters. The average Bonchev–Trinajstić information content (AvgIpc) is 2.41. The quantitative estimate of drug-likeness (QED) is 0.506. The van der Waals surface area contributed by atoms with Crippen molar-refractivity contribution in [2.45, 2.75) is 90.4 Å². The summed E-state index contributed by atoms with van der Waals surface area (Å²) in [6, 6.07) is 0. The van der Waals surface area contributed by atoms with Gasteiger partial charge in [0.2, 0.25) is 0 Å². The van der Waals surface area contributed by atoms with E-state index in [0.29, 0.717) is 12.8 Å². The van der Waals surface area contributed by atoms with Crippen molar-refractivity contribution in [3.63, 3.8) is 0 Å². The summed E-state index contributed by atoms with van der Waals surface area (Å²) >= 11 is 0. The molecule has 1 fully saturated rings. The fourth-order valence-electron chi connectivity index (χ4n) is 2.68. The lowest BCUT2D eigenvalue weighted by molar-refractivity contribution is -0.172. The molecule has 0 bridgehead atoms. The van der Waals surface area contributed by atoms with Crippen LogP contribution < -0.4 is 0 Å². The Morgan fingerprint density at radius 1 is 1.20 bits per heavy atom. The van der Waals surface area contributed by atoms with E-state index in [1.165, 1.54) is 6.92 Å². The highest BCUT2D eigenvalue weighted by Gasteiger charge is 2.33. The highest BCUT2D eigenvalue weighted by molar-refractivity contribution is 5.78. The van der Waals surface area contributed by atoms with Crippen LogP contribution >= 0.6 is 0 Å². The molecule has 1 saturated heterocycles. The number of ether oxygens (including phenoxy) is 2. The predicted molar refractivity (Wildman–Crippen MR) is 77.5 cm³/mol. The molecule has 0 aliphatic carbocycles. The van der Waals surface area contributed by atoms with Gasteiger partial charge in [-0.3, -0.25) is 9.59 Å². The normalized spacial score (nSPS) is 26.2. The molecule has 4 nitrogen and oxygen atoms in total. The van der Waals surface area contributed by atoms with E-state index >= 15 is 0 Å². The predicted octanol–water partition coefficient (Wildman–Crippen LogP) is 3.42. The van der Waals surface area contributed by atoms with Gasteiger partial charge in [0.1, 0.15) is 11.9 Å². The van der Waals surface area contributed by atoms with Gasteiger partial charge in [-0.15, -0.1) is 0 Å². The van der Waals surface area contributed by atoms with Crippen LogP contribution in [-0.2, 0) is 19.1 Å². The summed E-state index contributed by atoms with van der Waals surface area (Å²) in [5, 5.41) is 0. The van der Waals surface area contributed by atoms with Crippen molar-refractivity contribution in [1.82, 2.24) is 0 Å². The van der Waals surface area contributed by atoms with Crippen molar-refractivity contribution in [3.8, 4) is 0 Å². The molecule has 20 heavy (non-hydrogen) atoms. The minimum Gasteiger partial charge on any atom is -0.460 e. The second-order valence-electron chi connectivity index (χ2n) is 5.61. The first-order valence-corrected chi connectivity index (χ1v) is 7.91. The number of hydrogen-bond donors (Lipinski definition) is 0. The van der Waals surface area contributed by atoms with Crippen molar-refractivity contribution < 1.29 is 19.1 Å². The van der Waals surface area contributed by atoms with Gasteiger partial charge in [-0.1, -0.05) is 33.1 Å². The second-order valence-corrected chi connectivity index (χ2v) is 5.61. The van der Waals surface area contributed by atoms with Crippen molar-refractivity contribution in [2.24, 2.45) is 0 Å². The van der Waals surface area contributed by atoms with E-state index in [9.17, 15) is 9.59 Å². The molecule has 0 aromatic rings. The number of carbonyl (C=O) groups excluding carboxylic acids is 2. The maximum atomic E-state index is 11.5. The number of carbonyl (C=O) groups is 2. The topological polar surface area (TPSA) is 52.6 Å².